The third-order valence-electron chi connectivity index (χ3n) is 5.10. The summed E-state index contributed by atoms with van der Waals surface area (Å²) in [6, 6.07) is 19.7. The van der Waals surface area contributed by atoms with Crippen LogP contribution in [-0.4, -0.2) is 20.5 Å². The first-order valence-corrected chi connectivity index (χ1v) is 13.7. The Morgan fingerprint density at radius 1 is 0.735 bits per heavy atom. The minimum atomic E-state index is -5.94. The maximum absolute atomic E-state index is 13.6. The highest BCUT2D eigenvalue weighted by Crippen LogP contribution is 2.70. The molecule has 34 heavy (non-hydrogen) atoms. The van der Waals surface area contributed by atoms with Crippen molar-refractivity contribution in [3.8, 4) is 5.75 Å². The highest BCUT2D eigenvalue weighted by Gasteiger charge is 2.52. The fourth-order valence-electron chi connectivity index (χ4n) is 3.22. The third-order valence-corrected chi connectivity index (χ3v) is 10.0. The molecule has 3 aromatic rings. The van der Waals surface area contributed by atoms with E-state index in [9.17, 15) is 21.6 Å². The van der Waals surface area contributed by atoms with Crippen molar-refractivity contribution < 1.29 is 30.0 Å². The van der Waals surface area contributed by atoms with Crippen LogP contribution in [0.15, 0.2) is 87.5 Å². The highest BCUT2D eigenvalue weighted by molar-refractivity contribution is 8.33. The van der Waals surface area contributed by atoms with E-state index >= 15 is 0 Å². The van der Waals surface area contributed by atoms with Gasteiger partial charge in [0.15, 0.2) is 0 Å². The zero-order valence-corrected chi connectivity index (χ0v) is 20.8. The summed E-state index contributed by atoms with van der Waals surface area (Å²) in [4.78, 5) is 0.958. The molecule has 0 aliphatic carbocycles. The number of rotatable bonds is 9. The lowest BCUT2D eigenvalue weighted by atomic mass is 10.2. The van der Waals surface area contributed by atoms with Crippen LogP contribution in [0.3, 0.4) is 0 Å². The second-order valence-corrected chi connectivity index (χ2v) is 12.3. The largest absolute Gasteiger partial charge is 0.524 e. The van der Waals surface area contributed by atoms with Gasteiger partial charge in [0.05, 0.1) is 6.61 Å². The molecule has 0 radical (unpaired) electrons. The van der Waals surface area contributed by atoms with Crippen molar-refractivity contribution in [1.29, 1.82) is 0 Å². The normalized spacial score (nSPS) is 13.0. The Labute approximate surface area is 200 Å². The van der Waals surface area contributed by atoms with E-state index in [4.69, 9.17) is 8.37 Å². The van der Waals surface area contributed by atoms with Crippen LogP contribution in [0, 0.1) is 13.8 Å². The van der Waals surface area contributed by atoms with Gasteiger partial charge in [-0.15, -0.1) is 0 Å². The van der Waals surface area contributed by atoms with Crippen LogP contribution < -0.4 is 4.74 Å². The molecule has 4 nitrogen and oxygen atoms in total. The van der Waals surface area contributed by atoms with Gasteiger partial charge in [-0.1, -0.05) is 48.7 Å². The molecule has 3 rings (SSSR count). The molecule has 0 N–H and O–H groups in total. The number of benzene rings is 3. The zero-order valence-electron chi connectivity index (χ0n) is 19.1. The first-order valence-electron chi connectivity index (χ1n) is 10.7. The molecule has 9 heteroatoms. The van der Waals surface area contributed by atoms with Crippen LogP contribution in [0.25, 0.3) is 0 Å². The molecule has 0 saturated heterocycles. The van der Waals surface area contributed by atoms with Crippen LogP contribution in [0.4, 0.5) is 13.2 Å². The van der Waals surface area contributed by atoms with Crippen molar-refractivity contribution in [1.82, 2.24) is 0 Å². The molecule has 184 valence electrons. The minimum Gasteiger partial charge on any atom is -0.494 e. The Bertz CT molecular complexity index is 1140. The van der Waals surface area contributed by atoms with E-state index in [0.717, 1.165) is 24.0 Å². The lowest BCUT2D eigenvalue weighted by Gasteiger charge is -2.39. The molecule has 0 bridgehead atoms. The smallest absolute Gasteiger partial charge is 0.494 e. The molecular weight excluding hydrogens is 485 g/mol. The predicted molar refractivity (Wildman–Crippen MR) is 128 cm³/mol. The van der Waals surface area contributed by atoms with Gasteiger partial charge < -0.3 is 4.74 Å². The number of aryl methyl sites for hydroxylation is 2. The zero-order chi connectivity index (χ0) is 25.0. The quantitative estimate of drug-likeness (QED) is 0.219. The number of hydrogen-bond donors (Lipinski definition) is 0. The summed E-state index contributed by atoms with van der Waals surface area (Å²) in [5.41, 5.74) is -3.83. The Morgan fingerprint density at radius 2 is 1.15 bits per heavy atom. The van der Waals surface area contributed by atoms with Gasteiger partial charge in [-0.25, -0.2) is 0 Å². The Hall–Kier alpha value is -2.49. The highest BCUT2D eigenvalue weighted by atomic mass is 32.3. The van der Waals surface area contributed by atoms with Crippen molar-refractivity contribution in [3.63, 3.8) is 0 Å². The average Bonchev–Trinajstić information content (AvgIpc) is 2.79. The predicted octanol–water partition coefficient (Wildman–Crippen LogP) is 7.55. The molecular formula is C25H27F3O4S2. The monoisotopic (exact) mass is 512 g/mol. The molecule has 0 saturated carbocycles. The van der Waals surface area contributed by atoms with Gasteiger partial charge in [-0.2, -0.15) is 25.2 Å². The summed E-state index contributed by atoms with van der Waals surface area (Å²) in [7, 11) is -9.25. The summed E-state index contributed by atoms with van der Waals surface area (Å²) in [5.74, 6) is 0.539. The fourth-order valence-corrected chi connectivity index (χ4v) is 7.92. The fraction of sp³-hybridized carbons (Fsp3) is 0.280. The second-order valence-electron chi connectivity index (χ2n) is 7.82. The second kappa shape index (κ2) is 10.4. The Kier molecular flexibility index (Phi) is 8.00. The van der Waals surface area contributed by atoms with Gasteiger partial charge in [-0.3, -0.25) is 0 Å². The lowest BCUT2D eigenvalue weighted by Crippen LogP contribution is -2.27. The summed E-state index contributed by atoms with van der Waals surface area (Å²) in [6.07, 6.45) is 1.81. The minimum absolute atomic E-state index is 0.302. The Morgan fingerprint density at radius 3 is 1.53 bits per heavy atom. The molecule has 3 aromatic carbocycles. The topological polar surface area (TPSA) is 52.6 Å². The van der Waals surface area contributed by atoms with Crippen LogP contribution in [0.5, 0.6) is 5.75 Å². The lowest BCUT2D eigenvalue weighted by molar-refractivity contribution is -0.0496. The van der Waals surface area contributed by atoms with Gasteiger partial charge >= 0.3 is 15.6 Å². The van der Waals surface area contributed by atoms with Crippen LogP contribution in [0.1, 0.15) is 30.9 Å². The number of ether oxygens (including phenoxy) is 1. The average molecular weight is 513 g/mol. The molecule has 0 spiro atoms. The summed E-state index contributed by atoms with van der Waals surface area (Å²) >= 11 is 0. The van der Waals surface area contributed by atoms with E-state index in [1.807, 2.05) is 20.8 Å². The molecule has 0 amide bonds. The summed E-state index contributed by atoms with van der Waals surface area (Å²) in [6.45, 7) is 6.21. The van der Waals surface area contributed by atoms with Gasteiger partial charge in [-0.05, 0) is 79.1 Å². The molecule has 0 aliphatic heterocycles. The van der Waals surface area contributed by atoms with Crippen molar-refractivity contribution >= 4 is 20.4 Å². The van der Waals surface area contributed by atoms with E-state index in [1.54, 1.807) is 72.8 Å². The standard InChI is InChI=1S/C25H27F3O4S2/c1-4-5-18-31-21-10-16-24(17-11-21)33(22-12-6-19(2)7-13-22,23-14-8-20(3)9-15-23)32-34(29,30)25(26,27)28/h6-17H,4-5,18H2,1-3H3. The molecule has 0 aliphatic rings. The molecule has 0 aromatic heterocycles. The van der Waals surface area contributed by atoms with E-state index in [-0.39, 0.29) is 0 Å². The number of halogens is 3. The summed E-state index contributed by atoms with van der Waals surface area (Å²) < 4.78 is 76.4. The number of alkyl halides is 3. The number of unbranched alkanes of at least 4 members (excludes halogenated alkanes) is 1. The molecule has 0 atom stereocenters. The van der Waals surface area contributed by atoms with Crippen LogP contribution in [-0.2, 0) is 13.7 Å². The van der Waals surface area contributed by atoms with Crippen molar-refractivity contribution in [3.05, 3.63) is 83.9 Å². The molecule has 0 heterocycles. The molecule has 0 unspecified atom stereocenters. The van der Waals surface area contributed by atoms with E-state index in [1.165, 1.54) is 0 Å². The third kappa shape index (κ3) is 5.59. The van der Waals surface area contributed by atoms with Gasteiger partial charge in [0, 0.05) is 14.7 Å². The maximum atomic E-state index is 13.6. The van der Waals surface area contributed by atoms with E-state index in [2.05, 4.69) is 0 Å². The SMILES string of the molecule is CCCCOc1ccc(S(OS(=O)(=O)C(F)(F)F)(c2ccc(C)cc2)c2ccc(C)cc2)cc1. The first kappa shape index (κ1) is 26.1. The van der Waals surface area contributed by atoms with Gasteiger partial charge in [0.2, 0.25) is 0 Å². The van der Waals surface area contributed by atoms with E-state index in [0.29, 0.717) is 27.0 Å². The number of hydrogen-bond acceptors (Lipinski definition) is 4. The van der Waals surface area contributed by atoms with E-state index < -0.39 is 25.9 Å². The van der Waals surface area contributed by atoms with Gasteiger partial charge in [0.1, 0.15) is 5.75 Å². The summed E-state index contributed by atoms with van der Waals surface area (Å²) in [5, 5.41) is 0. The van der Waals surface area contributed by atoms with Crippen molar-refractivity contribution in [2.45, 2.75) is 53.8 Å². The van der Waals surface area contributed by atoms with Crippen molar-refractivity contribution in [2.75, 3.05) is 6.61 Å². The first-order chi connectivity index (χ1) is 16.0. The van der Waals surface area contributed by atoms with Crippen LogP contribution in [0.2, 0.25) is 0 Å². The maximum Gasteiger partial charge on any atom is 0.524 e. The van der Waals surface area contributed by atoms with Gasteiger partial charge in [0.25, 0.3) is 0 Å². The molecule has 0 fully saturated rings. The van der Waals surface area contributed by atoms with Crippen LogP contribution >= 0.6 is 10.3 Å². The Balaban J connectivity index is 2.27. The van der Waals surface area contributed by atoms with Crippen molar-refractivity contribution in [2.24, 2.45) is 0 Å².